The Morgan fingerprint density at radius 1 is 0.719 bits per heavy atom. The Morgan fingerprint density at radius 3 is 1.56 bits per heavy atom. The minimum atomic E-state index is -1.92. The van der Waals surface area contributed by atoms with Gasteiger partial charge in [0.05, 0.1) is 41.7 Å². The Kier molecular flexibility index (Phi) is 20.3. The predicted octanol–water partition coefficient (Wildman–Crippen LogP) is 8.79. The van der Waals surface area contributed by atoms with Crippen LogP contribution in [0.2, 0.25) is 10.0 Å². The Labute approximate surface area is 386 Å². The number of allylic oxidation sites excluding steroid dienone is 1. The fourth-order valence-corrected chi connectivity index (χ4v) is 6.01. The van der Waals surface area contributed by atoms with E-state index in [1.807, 2.05) is 20.8 Å². The molecule has 6 aromatic rings. The van der Waals surface area contributed by atoms with Crippen LogP contribution in [-0.4, -0.2) is 77.7 Å². The van der Waals surface area contributed by atoms with Gasteiger partial charge in [-0.05, 0) is 86.4 Å². The summed E-state index contributed by atoms with van der Waals surface area (Å²) >= 11 is 10.1. The summed E-state index contributed by atoms with van der Waals surface area (Å²) < 4.78 is 45.6. The number of pyridine rings is 2. The van der Waals surface area contributed by atoms with Crippen molar-refractivity contribution >= 4 is 63.6 Å². The summed E-state index contributed by atoms with van der Waals surface area (Å²) in [6.07, 6.45) is 4.67. The topological polar surface area (TPSA) is 240 Å². The third kappa shape index (κ3) is 14.6. The van der Waals surface area contributed by atoms with Gasteiger partial charge in [-0.3, -0.25) is 29.8 Å². The third-order valence-corrected chi connectivity index (χ3v) is 9.20. The molecule has 2 amide bonds. The van der Waals surface area contributed by atoms with Gasteiger partial charge in [0.2, 0.25) is 0 Å². The van der Waals surface area contributed by atoms with Crippen molar-refractivity contribution in [3.05, 3.63) is 124 Å². The molecule has 4 aromatic heterocycles. The molecule has 0 bridgehead atoms. The summed E-state index contributed by atoms with van der Waals surface area (Å²) in [5, 5.41) is 44.5. The first-order valence-corrected chi connectivity index (χ1v) is 21.5. The van der Waals surface area contributed by atoms with Crippen LogP contribution in [0.5, 0.6) is 0 Å². The van der Waals surface area contributed by atoms with Gasteiger partial charge in [0.15, 0.2) is 0 Å². The number of anilines is 4. The third-order valence-electron chi connectivity index (χ3n) is 8.73. The van der Waals surface area contributed by atoms with Crippen molar-refractivity contribution in [3.63, 3.8) is 0 Å². The molecule has 4 heterocycles. The van der Waals surface area contributed by atoms with Gasteiger partial charge >= 0.3 is 25.3 Å². The summed E-state index contributed by atoms with van der Waals surface area (Å²) in [6, 6.07) is 11.9. The number of carbonyl (C=O) groups excluding carboxylic acids is 2. The molecule has 0 spiro atoms. The van der Waals surface area contributed by atoms with E-state index < -0.39 is 48.2 Å². The van der Waals surface area contributed by atoms with Crippen LogP contribution in [0.3, 0.4) is 0 Å². The monoisotopic (exact) mass is 1100 g/mol. The van der Waals surface area contributed by atoms with Gasteiger partial charge in [-0.25, -0.2) is 8.78 Å². The number of carbonyl (C=O) groups is 2. The Bertz CT molecular complexity index is 2600. The molecular formula is C43H48Cl2F2N10O6Pt. The molecule has 0 saturated heterocycles. The second-order valence-electron chi connectivity index (χ2n) is 14.2. The Morgan fingerprint density at radius 2 is 1.14 bits per heavy atom. The molecule has 2 atom stereocenters. The van der Waals surface area contributed by atoms with Crippen LogP contribution in [0.4, 0.5) is 31.8 Å². The molecular weight excluding hydrogens is 1060 g/mol. The van der Waals surface area contributed by atoms with E-state index in [0.29, 0.717) is 50.0 Å². The molecule has 8 N–H and O–H groups in total. The van der Waals surface area contributed by atoms with Crippen LogP contribution < -0.4 is 21.3 Å². The fraction of sp³-hybridized carbons (Fsp3) is 0.256. The molecule has 0 aliphatic rings. The van der Waals surface area contributed by atoms with Crippen LogP contribution in [0.1, 0.15) is 79.8 Å². The van der Waals surface area contributed by atoms with E-state index in [-0.39, 0.29) is 54.6 Å². The summed E-state index contributed by atoms with van der Waals surface area (Å²) in [4.78, 5) is 33.5. The van der Waals surface area contributed by atoms with Gasteiger partial charge in [0.25, 0.3) is 11.8 Å². The first-order valence-electron chi connectivity index (χ1n) is 18.9. The van der Waals surface area contributed by atoms with Gasteiger partial charge in [-0.1, -0.05) is 51.1 Å². The van der Waals surface area contributed by atoms with E-state index >= 15 is 0 Å². The van der Waals surface area contributed by atoms with E-state index in [0.717, 1.165) is 11.1 Å². The minimum absolute atomic E-state index is 0. The molecule has 2 aromatic carbocycles. The standard InChI is InChI=1S/C21H23ClFN5O2.C21H21ClFN5O2.CH4.2O.Pt/c2*1-11(2)15-9-24-18(14-6-13(22)4-5-17(14)23)7-19(15)27-20-16(10-26-28-20)21(30)25-8-12(3)29;;;;/h4-7,9-12,29H,8H2,1-3H3,(H,25,30)(H2,24,26,27,28);4-7,9-10,12,29H,1,8H2,2-3H3,(H,25,30)(H2,24,26,27,28);1H4;;;/t2*12-;;;;/m00..../s1. The number of nitrogens with zero attached hydrogens (tertiary/aromatic N) is 4. The van der Waals surface area contributed by atoms with Crippen molar-refractivity contribution in [1.82, 2.24) is 41.0 Å². The van der Waals surface area contributed by atoms with Gasteiger partial charge in [0.1, 0.15) is 34.4 Å². The average Bonchev–Trinajstić information content (AvgIpc) is 3.91. The fourth-order valence-electron chi connectivity index (χ4n) is 5.66. The number of hydrogen-bond donors (Lipinski definition) is 8. The molecule has 0 saturated carbocycles. The molecule has 0 aliphatic carbocycles. The van der Waals surface area contributed by atoms with Crippen LogP contribution in [-0.2, 0) is 25.3 Å². The van der Waals surface area contributed by atoms with E-state index in [9.17, 15) is 28.6 Å². The maximum atomic E-state index is 14.3. The maximum absolute atomic E-state index is 14.3. The normalized spacial score (nSPS) is 11.5. The van der Waals surface area contributed by atoms with Gasteiger partial charge < -0.3 is 31.5 Å². The first kappa shape index (κ1) is 52.4. The Hall–Kier alpha value is -5.91. The number of hydrogen-bond acceptors (Lipinski definition) is 12. The van der Waals surface area contributed by atoms with Crippen molar-refractivity contribution in [2.24, 2.45) is 0 Å². The summed E-state index contributed by atoms with van der Waals surface area (Å²) in [5.74, 6) is -0.843. The second kappa shape index (κ2) is 24.8. The van der Waals surface area contributed by atoms with Crippen LogP contribution in [0.15, 0.2) is 79.9 Å². The number of aliphatic hydroxyl groups is 2. The van der Waals surface area contributed by atoms with Crippen molar-refractivity contribution in [1.29, 1.82) is 0 Å². The quantitative estimate of drug-likeness (QED) is 0.0511. The zero-order valence-corrected chi connectivity index (χ0v) is 38.2. The van der Waals surface area contributed by atoms with Crippen molar-refractivity contribution in [3.8, 4) is 22.5 Å². The van der Waals surface area contributed by atoms with Gasteiger partial charge in [0, 0.05) is 57.9 Å². The molecule has 64 heavy (non-hydrogen) atoms. The first-order chi connectivity index (χ1) is 29.9. The molecule has 0 unspecified atom stereocenters. The molecule has 21 heteroatoms. The molecule has 0 aliphatic heterocycles. The zero-order valence-electron chi connectivity index (χ0n) is 34.4. The number of halogens is 4. The van der Waals surface area contributed by atoms with E-state index in [2.05, 4.69) is 58.2 Å². The molecule has 16 nitrogen and oxygen atoms in total. The van der Waals surface area contributed by atoms with E-state index in [4.69, 9.17) is 30.0 Å². The molecule has 0 fully saturated rings. The van der Waals surface area contributed by atoms with Crippen molar-refractivity contribution in [2.75, 3.05) is 23.7 Å². The average molecular weight is 1100 g/mol. The summed E-state index contributed by atoms with van der Waals surface area (Å²) in [5.41, 5.74) is 5.35. The molecule has 0 radical (unpaired) electrons. The summed E-state index contributed by atoms with van der Waals surface area (Å²) in [7, 11) is 0. The number of aromatic nitrogens is 6. The number of H-pyrrole nitrogens is 2. The van der Waals surface area contributed by atoms with Crippen molar-refractivity contribution in [2.45, 2.75) is 60.2 Å². The molecule has 6 rings (SSSR count). The van der Waals surface area contributed by atoms with Gasteiger partial charge in [-0.2, -0.15) is 10.2 Å². The van der Waals surface area contributed by atoms with Gasteiger partial charge in [-0.15, -0.1) is 0 Å². The SMILES string of the molecule is C.C=C(C)c1cnc(-c2cc(Cl)ccc2F)cc1Nc1[nH]ncc1C(=O)NC[C@H](C)O.CC(C)c1cnc(-c2cc(Cl)ccc2F)cc1Nc1[nH]ncc1C(=O)NC[C@H](C)O.[O]=[Pt]=[O]. The number of benzene rings is 2. The number of aliphatic hydroxyl groups excluding tert-OH is 2. The van der Waals surface area contributed by atoms with Crippen LogP contribution >= 0.6 is 23.2 Å². The van der Waals surface area contributed by atoms with Crippen LogP contribution in [0, 0.1) is 11.6 Å². The van der Waals surface area contributed by atoms with E-state index in [1.54, 1.807) is 38.4 Å². The number of amides is 2. The second-order valence-corrected chi connectivity index (χ2v) is 15.4. The van der Waals surface area contributed by atoms with Crippen molar-refractivity contribution < 1.29 is 53.9 Å². The number of rotatable bonds is 14. The van der Waals surface area contributed by atoms with Crippen LogP contribution in [0.25, 0.3) is 28.1 Å². The number of aromatic amines is 2. The predicted molar refractivity (Wildman–Crippen MR) is 238 cm³/mol. The Balaban J connectivity index is 0.000000316. The summed E-state index contributed by atoms with van der Waals surface area (Å²) in [6.45, 7) is 13.1. The van der Waals surface area contributed by atoms with E-state index in [1.165, 1.54) is 48.8 Å². The zero-order chi connectivity index (χ0) is 46.4. The number of nitrogens with one attached hydrogen (secondary N) is 6. The molecule has 344 valence electrons.